The van der Waals surface area contributed by atoms with E-state index >= 15 is 0 Å². The minimum absolute atomic E-state index is 0. The molecule has 2 N–H and O–H groups in total. The van der Waals surface area contributed by atoms with E-state index in [4.69, 9.17) is 5.73 Å². The molecule has 0 aromatic carbocycles. The zero-order chi connectivity index (χ0) is 12.1. The fraction of sp³-hybridized carbons (Fsp3) is 0.417. The lowest BCUT2D eigenvalue weighted by molar-refractivity contribution is -0.111. The fourth-order valence-electron chi connectivity index (χ4n) is 0.689. The zero-order valence-corrected chi connectivity index (χ0v) is 10.5. The molecule has 0 spiro atoms. The Morgan fingerprint density at radius 2 is 2.07 bits per heavy atom. The molecular weight excluding hydrogens is 206 g/mol. The summed E-state index contributed by atoms with van der Waals surface area (Å²) >= 11 is 1.19. The van der Waals surface area contributed by atoms with Gasteiger partial charge in [-0.15, -0.1) is 0 Å². The van der Waals surface area contributed by atoms with E-state index in [1.165, 1.54) is 11.8 Å². The number of rotatable bonds is 6. The van der Waals surface area contributed by atoms with Crippen LogP contribution in [0.4, 0.5) is 0 Å². The Labute approximate surface area is 98.8 Å². The number of allylic oxidation sites excluding steroid dienone is 3. The number of nitrogens with two attached hydrogens (primary N) is 1. The summed E-state index contributed by atoms with van der Waals surface area (Å²) in [4.78, 5) is 12.1. The van der Waals surface area contributed by atoms with Gasteiger partial charge in [0.2, 0.25) is 0 Å². The van der Waals surface area contributed by atoms with Gasteiger partial charge in [0.15, 0.2) is 5.12 Å². The quantitative estimate of drug-likeness (QED) is 0.709. The average molecular weight is 229 g/mol. The second kappa shape index (κ2) is 13.2. The van der Waals surface area contributed by atoms with Crippen molar-refractivity contribution in [2.45, 2.75) is 26.7 Å². The molecule has 0 saturated carbocycles. The van der Waals surface area contributed by atoms with Gasteiger partial charge in [-0.1, -0.05) is 50.9 Å². The molecule has 0 amide bonds. The van der Waals surface area contributed by atoms with Gasteiger partial charge < -0.3 is 5.73 Å². The maximum Gasteiger partial charge on any atom is 0.193 e. The minimum atomic E-state index is 0. The van der Waals surface area contributed by atoms with Gasteiger partial charge in [-0.3, -0.25) is 4.79 Å². The molecule has 0 fully saturated rings. The average Bonchev–Trinajstić information content (AvgIpc) is 2.28. The van der Waals surface area contributed by atoms with E-state index in [1.54, 1.807) is 18.2 Å². The number of carbonyl (C=O) groups excluding carboxylic acids is 1. The van der Waals surface area contributed by atoms with E-state index in [9.17, 15) is 4.79 Å². The van der Waals surface area contributed by atoms with Crippen molar-refractivity contribution in [3.05, 3.63) is 36.3 Å². The van der Waals surface area contributed by atoms with E-state index in [0.29, 0.717) is 13.0 Å². The van der Waals surface area contributed by atoms with Gasteiger partial charge in [-0.25, -0.2) is 0 Å². The smallest absolute Gasteiger partial charge is 0.193 e. The van der Waals surface area contributed by atoms with Crippen molar-refractivity contribution < 1.29 is 6.22 Å². The van der Waals surface area contributed by atoms with Crippen molar-refractivity contribution in [1.82, 2.24) is 0 Å². The highest BCUT2D eigenvalue weighted by atomic mass is 32.2. The van der Waals surface area contributed by atoms with Crippen molar-refractivity contribution in [1.29, 1.82) is 0 Å². The zero-order valence-electron chi connectivity index (χ0n) is 9.66. The van der Waals surface area contributed by atoms with Crippen LogP contribution in [0.5, 0.6) is 0 Å². The van der Waals surface area contributed by atoms with Crippen molar-refractivity contribution >= 4 is 16.9 Å². The second-order valence-electron chi connectivity index (χ2n) is 2.38. The Morgan fingerprint density at radius 3 is 2.47 bits per heavy atom. The van der Waals surface area contributed by atoms with Crippen molar-refractivity contribution in [2.75, 3.05) is 6.54 Å². The minimum Gasteiger partial charge on any atom is -0.330 e. The molecule has 3 heteroatoms. The molecule has 0 rings (SSSR count). The third-order valence-electron chi connectivity index (χ3n) is 1.30. The van der Waals surface area contributed by atoms with Crippen LogP contribution in [0.15, 0.2) is 36.3 Å². The van der Waals surface area contributed by atoms with E-state index in [1.807, 2.05) is 13.8 Å². The maximum absolute atomic E-state index is 11.2. The molecule has 0 aromatic heterocycles. The molecular formula is C12H23NOS. The van der Waals surface area contributed by atoms with Gasteiger partial charge in [-0.2, -0.15) is 0 Å². The highest BCUT2D eigenvalue weighted by Gasteiger charge is 2.03. The normalized spacial score (nSPS) is 9.93. The monoisotopic (exact) mass is 229 g/mol. The highest BCUT2D eigenvalue weighted by molar-refractivity contribution is 8.17. The van der Waals surface area contributed by atoms with Crippen LogP contribution >= 0.6 is 11.8 Å². The fourth-order valence-corrected chi connectivity index (χ4v) is 1.45. The van der Waals surface area contributed by atoms with Crippen LogP contribution in [-0.2, 0) is 4.79 Å². The second-order valence-corrected chi connectivity index (χ2v) is 3.51. The number of hydrogen-bond acceptors (Lipinski definition) is 3. The van der Waals surface area contributed by atoms with Crippen LogP contribution in [0.25, 0.3) is 0 Å². The number of carbonyl (C=O) groups is 1. The summed E-state index contributed by atoms with van der Waals surface area (Å²) in [6.07, 6.45) is 6.30. The van der Waals surface area contributed by atoms with Crippen molar-refractivity contribution in [3.8, 4) is 0 Å². The molecule has 0 bridgehead atoms. The van der Waals surface area contributed by atoms with E-state index < -0.39 is 0 Å². The first-order valence-electron chi connectivity index (χ1n) is 5.10. The van der Waals surface area contributed by atoms with Gasteiger partial charge in [0, 0.05) is 12.8 Å². The SMILES string of the molecule is C=C/C=C(\C=C)SC(=O)CCCN.CC.[HH]. The van der Waals surface area contributed by atoms with Crippen LogP contribution in [-0.4, -0.2) is 11.7 Å². The Kier molecular flexibility index (Phi) is 14.6. The predicted molar refractivity (Wildman–Crippen MR) is 72.8 cm³/mol. The Hall–Kier alpha value is -0.800. The predicted octanol–water partition coefficient (Wildman–Crippen LogP) is 3.51. The first kappa shape index (κ1) is 16.6. The molecule has 0 aliphatic carbocycles. The number of thioether (sulfide) groups is 1. The standard InChI is InChI=1S/C10H15NOS.C2H6.H2/c1-3-6-9(4-2)13-10(12)7-5-8-11;1-2;/h3-4,6H,1-2,5,7-8,11H2;1-2H3;1H/b9-6+;;. The van der Waals surface area contributed by atoms with Crippen LogP contribution in [0.3, 0.4) is 0 Å². The summed E-state index contributed by atoms with van der Waals surface area (Å²) in [7, 11) is 0. The summed E-state index contributed by atoms with van der Waals surface area (Å²) in [6.45, 7) is 11.7. The summed E-state index contributed by atoms with van der Waals surface area (Å²) in [5, 5.41) is 0.124. The summed E-state index contributed by atoms with van der Waals surface area (Å²) < 4.78 is 0. The van der Waals surface area contributed by atoms with Gasteiger partial charge in [0.1, 0.15) is 0 Å². The summed E-state index contributed by atoms with van der Waals surface area (Å²) in [5.74, 6) is 0. The molecule has 0 aliphatic heterocycles. The lowest BCUT2D eigenvalue weighted by atomic mass is 10.3. The molecule has 0 aromatic rings. The van der Waals surface area contributed by atoms with Crippen LogP contribution in [0.1, 0.15) is 28.1 Å². The van der Waals surface area contributed by atoms with Gasteiger partial charge in [0.25, 0.3) is 0 Å². The van der Waals surface area contributed by atoms with Crippen LogP contribution < -0.4 is 5.73 Å². The molecule has 0 saturated heterocycles. The summed E-state index contributed by atoms with van der Waals surface area (Å²) in [5.41, 5.74) is 5.29. The molecule has 0 atom stereocenters. The molecule has 88 valence electrons. The van der Waals surface area contributed by atoms with Crippen molar-refractivity contribution in [3.63, 3.8) is 0 Å². The lowest BCUT2D eigenvalue weighted by Gasteiger charge is -1.98. The van der Waals surface area contributed by atoms with E-state index in [0.717, 1.165) is 11.3 Å². The van der Waals surface area contributed by atoms with Gasteiger partial charge >= 0.3 is 0 Å². The molecule has 15 heavy (non-hydrogen) atoms. The van der Waals surface area contributed by atoms with Crippen LogP contribution in [0.2, 0.25) is 0 Å². The highest BCUT2D eigenvalue weighted by Crippen LogP contribution is 2.19. The van der Waals surface area contributed by atoms with Crippen molar-refractivity contribution in [2.24, 2.45) is 5.73 Å². The van der Waals surface area contributed by atoms with Gasteiger partial charge in [-0.05, 0) is 19.0 Å². The Morgan fingerprint density at radius 1 is 1.47 bits per heavy atom. The third-order valence-corrected chi connectivity index (χ3v) is 2.27. The molecule has 0 unspecified atom stereocenters. The first-order chi connectivity index (χ1) is 7.24. The lowest BCUT2D eigenvalue weighted by Crippen LogP contribution is -2.01. The van der Waals surface area contributed by atoms with E-state index in [2.05, 4.69) is 13.2 Å². The van der Waals surface area contributed by atoms with Crippen LogP contribution in [0, 0.1) is 0 Å². The third kappa shape index (κ3) is 11.1. The van der Waals surface area contributed by atoms with E-state index in [-0.39, 0.29) is 6.54 Å². The Balaban J connectivity index is -0.000000529. The topological polar surface area (TPSA) is 43.1 Å². The molecule has 0 radical (unpaired) electrons. The Bertz CT molecular complexity index is 227. The molecule has 2 nitrogen and oxygen atoms in total. The number of hydrogen-bond donors (Lipinski definition) is 1. The summed E-state index contributed by atoms with van der Waals surface area (Å²) in [6, 6.07) is 0. The molecule has 0 heterocycles. The first-order valence-corrected chi connectivity index (χ1v) is 5.92. The maximum atomic E-state index is 11.2. The van der Waals surface area contributed by atoms with Gasteiger partial charge in [0.05, 0.1) is 0 Å². The molecule has 0 aliphatic rings. The largest absolute Gasteiger partial charge is 0.330 e.